The first-order valence-corrected chi connectivity index (χ1v) is 13.6. The number of halogens is 2. The molecule has 3 nitrogen and oxygen atoms in total. The average molecular weight is 543 g/mol. The highest BCUT2D eigenvalue weighted by Crippen LogP contribution is 2.58. The summed E-state index contributed by atoms with van der Waals surface area (Å²) in [6, 6.07) is 26.3. The molecule has 38 heavy (non-hydrogen) atoms. The van der Waals surface area contributed by atoms with Crippen molar-refractivity contribution >= 4 is 34.5 Å². The summed E-state index contributed by atoms with van der Waals surface area (Å²) < 4.78 is 13.4. The normalized spacial score (nSPS) is 18.7. The molecule has 0 fully saturated rings. The van der Waals surface area contributed by atoms with Crippen LogP contribution in [-0.4, -0.2) is 12.1 Å². The van der Waals surface area contributed by atoms with E-state index in [-0.39, 0.29) is 5.54 Å². The number of rotatable bonds is 4. The van der Waals surface area contributed by atoms with Gasteiger partial charge in [0.15, 0.2) is 5.60 Å². The predicted molar refractivity (Wildman–Crippen MR) is 158 cm³/mol. The fourth-order valence-corrected chi connectivity index (χ4v) is 6.57. The van der Waals surface area contributed by atoms with Crippen LogP contribution >= 0.6 is 23.2 Å². The van der Waals surface area contributed by atoms with Crippen molar-refractivity contribution in [3.8, 4) is 22.6 Å². The molecule has 6 rings (SSSR count). The number of anilines is 1. The summed E-state index contributed by atoms with van der Waals surface area (Å²) in [7, 11) is 0. The van der Waals surface area contributed by atoms with Crippen LogP contribution in [0.3, 0.4) is 0 Å². The summed E-state index contributed by atoms with van der Waals surface area (Å²) in [5.41, 5.74) is 7.02. The Hall–Kier alpha value is -3.40. The summed E-state index contributed by atoms with van der Waals surface area (Å²) in [6.45, 7) is 9.08. The fraction of sp³-hybridized carbons (Fsp3) is 0.212. The Morgan fingerprint density at radius 3 is 2.29 bits per heavy atom. The van der Waals surface area contributed by atoms with E-state index in [4.69, 9.17) is 32.7 Å². The molecule has 5 heteroatoms. The molecule has 4 aromatic rings. The molecule has 2 aliphatic heterocycles. The highest BCUT2D eigenvalue weighted by Gasteiger charge is 2.48. The van der Waals surface area contributed by atoms with Crippen molar-refractivity contribution in [1.82, 2.24) is 0 Å². The fourth-order valence-electron chi connectivity index (χ4n) is 6.04. The van der Waals surface area contributed by atoms with Gasteiger partial charge in [0.1, 0.15) is 11.5 Å². The molecule has 0 radical (unpaired) electrons. The van der Waals surface area contributed by atoms with Gasteiger partial charge in [0, 0.05) is 38.0 Å². The van der Waals surface area contributed by atoms with Gasteiger partial charge in [-0.25, -0.2) is 0 Å². The summed E-state index contributed by atoms with van der Waals surface area (Å²) >= 11 is 13.3. The highest BCUT2D eigenvalue weighted by molar-refractivity contribution is 6.34. The van der Waals surface area contributed by atoms with Gasteiger partial charge in [-0.1, -0.05) is 71.7 Å². The van der Waals surface area contributed by atoms with Crippen LogP contribution in [-0.2, 0) is 5.60 Å². The smallest absolute Gasteiger partial charge is 0.186 e. The van der Waals surface area contributed by atoms with Crippen molar-refractivity contribution < 1.29 is 9.47 Å². The first-order chi connectivity index (χ1) is 18.2. The maximum Gasteiger partial charge on any atom is 0.186 e. The molecule has 0 saturated carbocycles. The monoisotopic (exact) mass is 541 g/mol. The van der Waals surface area contributed by atoms with Crippen molar-refractivity contribution in [3.63, 3.8) is 0 Å². The maximum atomic E-state index is 7.23. The number of allylic oxidation sites excluding steroid dienone is 1. The first-order valence-electron chi connectivity index (χ1n) is 12.9. The van der Waals surface area contributed by atoms with E-state index in [0.717, 1.165) is 50.6 Å². The van der Waals surface area contributed by atoms with Crippen molar-refractivity contribution in [2.75, 3.05) is 11.9 Å². The Labute approximate surface area is 234 Å². The third-order valence-corrected chi connectivity index (χ3v) is 7.69. The van der Waals surface area contributed by atoms with Gasteiger partial charge < -0.3 is 14.8 Å². The van der Waals surface area contributed by atoms with Crippen molar-refractivity contribution in [2.24, 2.45) is 0 Å². The van der Waals surface area contributed by atoms with E-state index >= 15 is 0 Å². The molecule has 0 aromatic heterocycles. The molecule has 0 spiro atoms. The maximum absolute atomic E-state index is 7.23. The molecular weight excluding hydrogens is 513 g/mol. The minimum atomic E-state index is -1.02. The summed E-state index contributed by atoms with van der Waals surface area (Å²) in [4.78, 5) is 0. The standard InChI is InChI=1S/C33H29Cl2NO2/c1-5-37-27-12-9-13-28-30(27)25-14-15-26-29(20(2)19-32(3,4)36-26)31(25)33(38-28,21-10-7-6-8-11-21)22-16-23(34)18-24(35)17-22/h6-19,36H,5H2,1-4H3. The molecule has 4 aromatic carbocycles. The minimum absolute atomic E-state index is 0.190. The summed E-state index contributed by atoms with van der Waals surface area (Å²) in [5, 5.41) is 4.84. The second-order valence-corrected chi connectivity index (χ2v) is 11.3. The van der Waals surface area contributed by atoms with Crippen LogP contribution in [0.1, 0.15) is 49.9 Å². The van der Waals surface area contributed by atoms with Gasteiger partial charge in [0.25, 0.3) is 0 Å². The number of hydrogen-bond acceptors (Lipinski definition) is 3. The molecule has 2 heterocycles. The summed E-state index contributed by atoms with van der Waals surface area (Å²) in [5.74, 6) is 1.54. The molecule has 0 bridgehead atoms. The van der Waals surface area contributed by atoms with Gasteiger partial charge in [-0.3, -0.25) is 0 Å². The Kier molecular flexibility index (Phi) is 5.97. The van der Waals surface area contributed by atoms with Crippen molar-refractivity contribution in [1.29, 1.82) is 0 Å². The zero-order chi connectivity index (χ0) is 26.7. The molecule has 0 amide bonds. The van der Waals surface area contributed by atoms with Crippen LogP contribution < -0.4 is 14.8 Å². The van der Waals surface area contributed by atoms with Crippen LogP contribution in [0.5, 0.6) is 11.5 Å². The SMILES string of the molecule is CCOc1cccc2c1-c1ccc3c(c1C(c1ccccc1)(c1cc(Cl)cc(Cl)c1)O2)C(C)=CC(C)(C)N3. The van der Waals surface area contributed by atoms with Gasteiger partial charge in [-0.15, -0.1) is 0 Å². The number of benzene rings is 4. The van der Waals surface area contributed by atoms with Crippen LogP contribution in [0.2, 0.25) is 10.0 Å². The average Bonchev–Trinajstić information content (AvgIpc) is 2.87. The van der Waals surface area contributed by atoms with E-state index in [1.54, 1.807) is 6.07 Å². The second kappa shape index (κ2) is 9.11. The molecule has 1 unspecified atom stereocenters. The van der Waals surface area contributed by atoms with Gasteiger partial charge in [-0.05, 0) is 75.2 Å². The van der Waals surface area contributed by atoms with Crippen molar-refractivity contribution in [2.45, 2.75) is 38.8 Å². The van der Waals surface area contributed by atoms with Crippen LogP contribution in [0, 0.1) is 0 Å². The third kappa shape index (κ3) is 3.88. The van der Waals surface area contributed by atoms with Gasteiger partial charge in [0.05, 0.1) is 17.7 Å². The zero-order valence-corrected chi connectivity index (χ0v) is 23.4. The Bertz CT molecular complexity index is 1570. The Balaban J connectivity index is 1.81. The minimum Gasteiger partial charge on any atom is -0.493 e. The van der Waals surface area contributed by atoms with E-state index in [2.05, 4.69) is 56.4 Å². The summed E-state index contributed by atoms with van der Waals surface area (Å²) in [6.07, 6.45) is 2.28. The van der Waals surface area contributed by atoms with E-state index in [9.17, 15) is 0 Å². The Morgan fingerprint density at radius 2 is 1.58 bits per heavy atom. The number of nitrogens with one attached hydrogen (secondary N) is 1. The molecule has 2 aliphatic rings. The Morgan fingerprint density at radius 1 is 0.842 bits per heavy atom. The largest absolute Gasteiger partial charge is 0.493 e. The van der Waals surface area contributed by atoms with E-state index < -0.39 is 5.60 Å². The van der Waals surface area contributed by atoms with Crippen molar-refractivity contribution in [3.05, 3.63) is 117 Å². The number of ether oxygens (including phenoxy) is 2. The lowest BCUT2D eigenvalue weighted by atomic mass is 9.70. The molecular formula is C33H29Cl2NO2. The molecule has 0 aliphatic carbocycles. The highest BCUT2D eigenvalue weighted by atomic mass is 35.5. The lowest BCUT2D eigenvalue weighted by molar-refractivity contribution is 0.151. The van der Waals surface area contributed by atoms with Gasteiger partial charge >= 0.3 is 0 Å². The first kappa shape index (κ1) is 24.9. The molecule has 0 saturated heterocycles. The molecule has 1 atom stereocenters. The van der Waals surface area contributed by atoms with Crippen LogP contribution in [0.25, 0.3) is 16.7 Å². The van der Waals surface area contributed by atoms with E-state index in [0.29, 0.717) is 16.7 Å². The van der Waals surface area contributed by atoms with Gasteiger partial charge in [-0.2, -0.15) is 0 Å². The molecule has 192 valence electrons. The van der Waals surface area contributed by atoms with Crippen LogP contribution in [0.4, 0.5) is 5.69 Å². The predicted octanol–water partition coefficient (Wildman–Crippen LogP) is 9.35. The van der Waals surface area contributed by atoms with E-state index in [1.807, 2.05) is 55.5 Å². The van der Waals surface area contributed by atoms with E-state index in [1.165, 1.54) is 5.57 Å². The van der Waals surface area contributed by atoms with Gasteiger partial charge in [0.2, 0.25) is 0 Å². The lowest BCUT2D eigenvalue weighted by Gasteiger charge is -2.45. The topological polar surface area (TPSA) is 30.5 Å². The second-order valence-electron chi connectivity index (χ2n) is 10.5. The quantitative estimate of drug-likeness (QED) is 0.279. The zero-order valence-electron chi connectivity index (χ0n) is 21.9. The third-order valence-electron chi connectivity index (χ3n) is 7.26. The molecule has 1 N–H and O–H groups in total. The number of hydrogen-bond donors (Lipinski definition) is 1. The van der Waals surface area contributed by atoms with Crippen LogP contribution in [0.15, 0.2) is 84.9 Å². The number of fused-ring (bicyclic) bond motifs is 5. The lowest BCUT2D eigenvalue weighted by Crippen LogP contribution is -2.41.